The highest BCUT2D eigenvalue weighted by Crippen LogP contribution is 2.49. The Hall–Kier alpha value is -3.09. The fraction of sp³-hybridized carbons (Fsp3) is 0.278. The zero-order valence-corrected chi connectivity index (χ0v) is 13.9. The lowest BCUT2D eigenvalue weighted by Gasteiger charge is -2.17. The maximum Gasteiger partial charge on any atom is 0.269 e. The van der Waals surface area contributed by atoms with Crippen LogP contribution in [0.15, 0.2) is 42.5 Å². The van der Waals surface area contributed by atoms with Crippen LogP contribution < -0.4 is 14.8 Å². The minimum absolute atomic E-state index is 0.00873. The monoisotopic (exact) mass is 342 g/mol. The van der Waals surface area contributed by atoms with Crippen LogP contribution in [-0.2, 0) is 10.2 Å². The lowest BCUT2D eigenvalue weighted by Crippen LogP contribution is -2.28. The molecule has 2 aromatic rings. The number of nitrogens with zero attached hydrogens (tertiary/aromatic N) is 1. The molecule has 7 nitrogen and oxygen atoms in total. The van der Waals surface area contributed by atoms with Gasteiger partial charge in [-0.1, -0.05) is 12.1 Å². The summed E-state index contributed by atoms with van der Waals surface area (Å²) in [7, 11) is 3.08. The minimum atomic E-state index is -0.650. The van der Waals surface area contributed by atoms with Gasteiger partial charge in [0.2, 0.25) is 5.91 Å². The smallest absolute Gasteiger partial charge is 0.269 e. The van der Waals surface area contributed by atoms with E-state index in [1.807, 2.05) is 0 Å². The van der Waals surface area contributed by atoms with Crippen molar-refractivity contribution in [3.63, 3.8) is 0 Å². The Morgan fingerprint density at radius 2 is 1.80 bits per heavy atom. The molecule has 2 aromatic carbocycles. The molecule has 1 fully saturated rings. The Labute approximate surface area is 144 Å². The lowest BCUT2D eigenvalue weighted by molar-refractivity contribution is -0.384. The van der Waals surface area contributed by atoms with E-state index >= 15 is 0 Å². The number of amides is 1. The summed E-state index contributed by atoms with van der Waals surface area (Å²) in [5, 5.41) is 13.7. The first-order valence-electron chi connectivity index (χ1n) is 7.78. The molecule has 1 amide bonds. The van der Waals surface area contributed by atoms with Gasteiger partial charge in [0.15, 0.2) is 0 Å². The second kappa shape index (κ2) is 6.43. The van der Waals surface area contributed by atoms with Gasteiger partial charge in [-0.3, -0.25) is 14.9 Å². The first-order valence-corrected chi connectivity index (χ1v) is 7.78. The van der Waals surface area contributed by atoms with Crippen LogP contribution >= 0.6 is 0 Å². The zero-order chi connectivity index (χ0) is 18.0. The van der Waals surface area contributed by atoms with Crippen LogP contribution in [0, 0.1) is 10.1 Å². The second-order valence-corrected chi connectivity index (χ2v) is 5.91. The quantitative estimate of drug-likeness (QED) is 0.642. The number of rotatable bonds is 6. The Kier molecular flexibility index (Phi) is 4.31. The lowest BCUT2D eigenvalue weighted by atomic mass is 9.94. The Bertz CT molecular complexity index is 813. The molecule has 3 rings (SSSR count). The molecule has 0 unspecified atom stereocenters. The number of hydrogen-bond donors (Lipinski definition) is 1. The average molecular weight is 342 g/mol. The number of nitrogens with one attached hydrogen (secondary N) is 1. The topological polar surface area (TPSA) is 90.7 Å². The number of non-ortho nitro benzene ring substituents is 1. The molecule has 1 aliphatic rings. The molecule has 130 valence electrons. The van der Waals surface area contributed by atoms with Gasteiger partial charge in [-0.25, -0.2) is 0 Å². The largest absolute Gasteiger partial charge is 0.497 e. The highest BCUT2D eigenvalue weighted by atomic mass is 16.6. The Morgan fingerprint density at radius 1 is 1.12 bits per heavy atom. The summed E-state index contributed by atoms with van der Waals surface area (Å²) in [5.41, 5.74) is 0.662. The van der Waals surface area contributed by atoms with E-state index in [1.54, 1.807) is 37.4 Å². The van der Waals surface area contributed by atoms with Gasteiger partial charge >= 0.3 is 0 Å². The van der Waals surface area contributed by atoms with Crippen molar-refractivity contribution < 1.29 is 19.2 Å². The fourth-order valence-corrected chi connectivity index (χ4v) is 2.83. The molecule has 0 aromatic heterocycles. The van der Waals surface area contributed by atoms with E-state index in [9.17, 15) is 14.9 Å². The summed E-state index contributed by atoms with van der Waals surface area (Å²) in [5.74, 6) is 0.984. The normalized spacial score (nSPS) is 14.5. The zero-order valence-electron chi connectivity index (χ0n) is 13.9. The number of anilines is 1. The third-order valence-corrected chi connectivity index (χ3v) is 4.47. The number of nitro benzene ring substituents is 1. The number of ether oxygens (including phenoxy) is 2. The van der Waals surface area contributed by atoms with Gasteiger partial charge in [-0.15, -0.1) is 0 Å². The van der Waals surface area contributed by atoms with Gasteiger partial charge in [0.05, 0.1) is 30.2 Å². The molecule has 1 aliphatic carbocycles. The fourth-order valence-electron chi connectivity index (χ4n) is 2.83. The Morgan fingerprint density at radius 3 is 2.32 bits per heavy atom. The van der Waals surface area contributed by atoms with Crippen molar-refractivity contribution in [1.29, 1.82) is 0 Å². The summed E-state index contributed by atoms with van der Waals surface area (Å²) < 4.78 is 10.5. The minimum Gasteiger partial charge on any atom is -0.497 e. The van der Waals surface area contributed by atoms with Crippen LogP contribution in [0.1, 0.15) is 18.4 Å². The van der Waals surface area contributed by atoms with Crippen molar-refractivity contribution in [2.75, 3.05) is 19.5 Å². The second-order valence-electron chi connectivity index (χ2n) is 5.91. The number of benzene rings is 2. The summed E-state index contributed by atoms with van der Waals surface area (Å²) in [4.78, 5) is 23.2. The van der Waals surface area contributed by atoms with Gasteiger partial charge in [0, 0.05) is 18.2 Å². The van der Waals surface area contributed by atoms with Gasteiger partial charge in [-0.2, -0.15) is 0 Å². The van der Waals surface area contributed by atoms with Crippen LogP contribution in [0.4, 0.5) is 11.4 Å². The molecule has 0 radical (unpaired) electrons. The number of carbonyl (C=O) groups is 1. The van der Waals surface area contributed by atoms with Crippen LogP contribution in [0.2, 0.25) is 0 Å². The first-order chi connectivity index (χ1) is 12.0. The maximum absolute atomic E-state index is 12.8. The summed E-state index contributed by atoms with van der Waals surface area (Å²) in [6.07, 6.45) is 1.39. The third-order valence-electron chi connectivity index (χ3n) is 4.47. The molecule has 0 heterocycles. The first kappa shape index (κ1) is 16.8. The molecule has 1 N–H and O–H groups in total. The van der Waals surface area contributed by atoms with Crippen molar-refractivity contribution in [3.05, 3.63) is 58.1 Å². The molecule has 0 aliphatic heterocycles. The maximum atomic E-state index is 12.8. The van der Waals surface area contributed by atoms with Crippen LogP contribution in [0.25, 0.3) is 0 Å². The standard InChI is InChI=1S/C18H18N2O5/c1-24-14-7-8-16(25-2)15(11-14)19-17(21)18(9-10-18)12-3-5-13(6-4-12)20(22)23/h3-8,11H,9-10H2,1-2H3,(H,19,21). The molecule has 0 saturated heterocycles. The Balaban J connectivity index is 1.84. The van der Waals surface area contributed by atoms with Crippen molar-refractivity contribution in [1.82, 2.24) is 0 Å². The number of carbonyl (C=O) groups excluding carboxylic acids is 1. The number of methoxy groups -OCH3 is 2. The van der Waals surface area contributed by atoms with E-state index in [1.165, 1.54) is 19.2 Å². The van der Waals surface area contributed by atoms with Gasteiger partial charge in [0.25, 0.3) is 5.69 Å². The van der Waals surface area contributed by atoms with Crippen molar-refractivity contribution in [3.8, 4) is 11.5 Å². The molecular formula is C18H18N2O5. The van der Waals surface area contributed by atoms with E-state index in [0.29, 0.717) is 30.0 Å². The van der Waals surface area contributed by atoms with E-state index in [2.05, 4.69) is 5.32 Å². The van der Waals surface area contributed by atoms with Gasteiger partial charge in [-0.05, 0) is 30.5 Å². The predicted octanol–water partition coefficient (Wildman–Crippen LogP) is 3.28. The van der Waals surface area contributed by atoms with Crippen LogP contribution in [0.5, 0.6) is 11.5 Å². The summed E-state index contributed by atoms with van der Waals surface area (Å²) in [6.45, 7) is 0. The van der Waals surface area contributed by atoms with Gasteiger partial charge in [0.1, 0.15) is 11.5 Å². The SMILES string of the molecule is COc1ccc(OC)c(NC(=O)C2(c3ccc([N+](=O)[O-])cc3)CC2)c1. The van der Waals surface area contributed by atoms with Gasteiger partial charge < -0.3 is 14.8 Å². The number of nitro groups is 1. The summed E-state index contributed by atoms with van der Waals surface area (Å²) in [6, 6.07) is 11.3. The van der Waals surface area contributed by atoms with Crippen molar-refractivity contribution in [2.24, 2.45) is 0 Å². The molecular weight excluding hydrogens is 324 g/mol. The van der Waals surface area contributed by atoms with E-state index < -0.39 is 10.3 Å². The molecule has 0 bridgehead atoms. The van der Waals surface area contributed by atoms with Crippen molar-refractivity contribution in [2.45, 2.75) is 18.3 Å². The molecule has 7 heteroatoms. The predicted molar refractivity (Wildman–Crippen MR) is 92.2 cm³/mol. The summed E-state index contributed by atoms with van der Waals surface area (Å²) >= 11 is 0. The molecule has 1 saturated carbocycles. The van der Waals surface area contributed by atoms with E-state index in [0.717, 1.165) is 5.56 Å². The molecule has 25 heavy (non-hydrogen) atoms. The number of hydrogen-bond acceptors (Lipinski definition) is 5. The van der Waals surface area contributed by atoms with Crippen LogP contribution in [-0.4, -0.2) is 25.1 Å². The third kappa shape index (κ3) is 3.13. The van der Waals surface area contributed by atoms with E-state index in [4.69, 9.17) is 9.47 Å². The highest BCUT2D eigenvalue weighted by Gasteiger charge is 2.51. The van der Waals surface area contributed by atoms with Crippen molar-refractivity contribution >= 4 is 17.3 Å². The molecule has 0 spiro atoms. The highest BCUT2D eigenvalue weighted by molar-refractivity contribution is 6.02. The van der Waals surface area contributed by atoms with Crippen LogP contribution in [0.3, 0.4) is 0 Å². The van der Waals surface area contributed by atoms with E-state index in [-0.39, 0.29) is 11.6 Å². The average Bonchev–Trinajstić information content (AvgIpc) is 3.43. The molecule has 0 atom stereocenters.